The van der Waals surface area contributed by atoms with Gasteiger partial charge in [-0.1, -0.05) is 6.07 Å². The molecule has 0 radical (unpaired) electrons. The maximum absolute atomic E-state index is 14.9. The molecule has 11 heteroatoms. The molecular formula is C24H33FN8O2. The SMILES string of the molecule is CCN(CC)C(=O)N1CCc2cc(F)c(C(=O)Nc3cccc(/C(=N/N)N(N)C(C)C)n3)cc2C1. The minimum absolute atomic E-state index is 0.0651. The summed E-state index contributed by atoms with van der Waals surface area (Å²) in [6, 6.07) is 7.63. The highest BCUT2D eigenvalue weighted by Crippen LogP contribution is 2.24. The molecule has 1 aromatic carbocycles. The third-order valence-corrected chi connectivity index (χ3v) is 5.99. The van der Waals surface area contributed by atoms with E-state index in [0.29, 0.717) is 38.3 Å². The molecule has 5 N–H and O–H groups in total. The van der Waals surface area contributed by atoms with Crippen molar-refractivity contribution in [2.45, 2.75) is 46.7 Å². The molecule has 3 rings (SSSR count). The van der Waals surface area contributed by atoms with Crippen molar-refractivity contribution >= 4 is 23.6 Å². The summed E-state index contributed by atoms with van der Waals surface area (Å²) in [5, 5.41) is 7.71. The fourth-order valence-corrected chi connectivity index (χ4v) is 3.93. The number of anilines is 1. The number of aromatic nitrogens is 1. The van der Waals surface area contributed by atoms with Crippen molar-refractivity contribution in [3.05, 3.63) is 58.5 Å². The Balaban J connectivity index is 1.82. The smallest absolute Gasteiger partial charge is 0.320 e. The van der Waals surface area contributed by atoms with Crippen LogP contribution in [0.5, 0.6) is 0 Å². The number of nitrogens with zero attached hydrogens (tertiary/aromatic N) is 5. The Morgan fingerprint density at radius 1 is 1.23 bits per heavy atom. The zero-order valence-electron chi connectivity index (χ0n) is 20.6. The van der Waals surface area contributed by atoms with E-state index in [1.54, 1.807) is 28.0 Å². The highest BCUT2D eigenvalue weighted by molar-refractivity contribution is 6.04. The van der Waals surface area contributed by atoms with Crippen molar-refractivity contribution in [2.75, 3.05) is 25.0 Å². The van der Waals surface area contributed by atoms with Gasteiger partial charge >= 0.3 is 6.03 Å². The van der Waals surface area contributed by atoms with Gasteiger partial charge in [-0.15, -0.1) is 0 Å². The number of hydrazone groups is 1. The Morgan fingerprint density at radius 2 is 1.94 bits per heavy atom. The molecule has 0 bridgehead atoms. The molecule has 35 heavy (non-hydrogen) atoms. The first kappa shape index (κ1) is 25.9. The molecule has 0 saturated heterocycles. The van der Waals surface area contributed by atoms with Crippen molar-refractivity contribution in [1.82, 2.24) is 19.8 Å². The molecule has 2 aromatic rings. The molecule has 0 spiro atoms. The standard InChI is InChI=1S/C24H33FN8O2/c1-5-31(6-2)24(35)32-11-10-16-13-19(25)18(12-17(16)14-32)23(34)29-21-9-7-8-20(28-21)22(30-26)33(27)15(3)4/h7-9,12-13,15H,5-6,10-11,14,26-27H2,1-4H3,(H,28,29,34)/b30-22-. The van der Waals surface area contributed by atoms with E-state index >= 15 is 0 Å². The number of hydrazine groups is 1. The second-order valence-corrected chi connectivity index (χ2v) is 8.54. The number of amides is 3. The van der Waals surface area contributed by atoms with Gasteiger partial charge in [-0.2, -0.15) is 5.10 Å². The number of hydrogen-bond donors (Lipinski definition) is 3. The number of pyridine rings is 1. The van der Waals surface area contributed by atoms with E-state index in [1.165, 1.54) is 17.1 Å². The lowest BCUT2D eigenvalue weighted by Gasteiger charge is -2.33. The van der Waals surface area contributed by atoms with Crippen LogP contribution < -0.4 is 17.0 Å². The fourth-order valence-electron chi connectivity index (χ4n) is 3.93. The first-order valence-electron chi connectivity index (χ1n) is 11.7. The molecule has 0 fully saturated rings. The van der Waals surface area contributed by atoms with Crippen LogP contribution in [0.15, 0.2) is 35.4 Å². The molecule has 1 aliphatic heterocycles. The highest BCUT2D eigenvalue weighted by Gasteiger charge is 2.26. The lowest BCUT2D eigenvalue weighted by Crippen LogP contribution is -2.45. The van der Waals surface area contributed by atoms with E-state index in [0.717, 1.165) is 11.1 Å². The number of halogens is 1. The molecule has 0 atom stereocenters. The topological polar surface area (TPSA) is 133 Å². The molecule has 2 heterocycles. The number of hydrogen-bond acceptors (Lipinski definition) is 6. The maximum Gasteiger partial charge on any atom is 0.320 e. The minimum atomic E-state index is -0.651. The summed E-state index contributed by atoms with van der Waals surface area (Å²) in [7, 11) is 0. The number of fused-ring (bicyclic) bond motifs is 1. The average Bonchev–Trinajstić information content (AvgIpc) is 2.84. The predicted octanol–water partition coefficient (Wildman–Crippen LogP) is 2.50. The van der Waals surface area contributed by atoms with E-state index in [1.807, 2.05) is 27.7 Å². The number of carbonyl (C=O) groups excluding carboxylic acids is 2. The van der Waals surface area contributed by atoms with Crippen LogP contribution in [0.3, 0.4) is 0 Å². The van der Waals surface area contributed by atoms with Crippen LogP contribution in [-0.4, -0.2) is 63.2 Å². The van der Waals surface area contributed by atoms with Crippen molar-refractivity contribution in [1.29, 1.82) is 0 Å². The van der Waals surface area contributed by atoms with Gasteiger partial charge in [-0.05, 0) is 69.5 Å². The summed E-state index contributed by atoms with van der Waals surface area (Å²) in [5.74, 6) is 10.7. The van der Waals surface area contributed by atoms with Gasteiger partial charge in [0.05, 0.1) is 5.56 Å². The summed E-state index contributed by atoms with van der Waals surface area (Å²) in [4.78, 5) is 33.5. The van der Waals surface area contributed by atoms with E-state index < -0.39 is 11.7 Å². The van der Waals surface area contributed by atoms with Crippen molar-refractivity contribution < 1.29 is 14.0 Å². The van der Waals surface area contributed by atoms with Gasteiger partial charge in [-0.3, -0.25) is 9.80 Å². The van der Waals surface area contributed by atoms with E-state index in [4.69, 9.17) is 11.7 Å². The largest absolute Gasteiger partial charge is 0.325 e. The van der Waals surface area contributed by atoms with Crippen LogP contribution >= 0.6 is 0 Å². The third-order valence-electron chi connectivity index (χ3n) is 5.99. The van der Waals surface area contributed by atoms with Gasteiger partial charge in [0.2, 0.25) is 0 Å². The number of benzene rings is 1. The van der Waals surface area contributed by atoms with Crippen molar-refractivity contribution in [2.24, 2.45) is 16.8 Å². The van der Waals surface area contributed by atoms with E-state index in [9.17, 15) is 14.0 Å². The Bertz CT molecular complexity index is 1120. The Labute approximate surface area is 204 Å². The number of urea groups is 1. The molecule has 3 amide bonds. The van der Waals surface area contributed by atoms with Crippen molar-refractivity contribution in [3.63, 3.8) is 0 Å². The zero-order chi connectivity index (χ0) is 25.7. The Morgan fingerprint density at radius 3 is 2.57 bits per heavy atom. The number of rotatable bonds is 6. The highest BCUT2D eigenvalue weighted by atomic mass is 19.1. The van der Waals surface area contributed by atoms with Crippen LogP contribution in [0.4, 0.5) is 15.0 Å². The summed E-state index contributed by atoms with van der Waals surface area (Å²) in [6.45, 7) is 9.63. The molecule has 0 saturated carbocycles. The van der Waals surface area contributed by atoms with Crippen LogP contribution in [-0.2, 0) is 13.0 Å². The monoisotopic (exact) mass is 484 g/mol. The first-order chi connectivity index (χ1) is 16.7. The normalized spacial score (nSPS) is 13.5. The fraction of sp³-hybridized carbons (Fsp3) is 0.417. The molecule has 188 valence electrons. The summed E-state index contributed by atoms with van der Waals surface area (Å²) < 4.78 is 14.9. The van der Waals surface area contributed by atoms with Crippen LogP contribution in [0.1, 0.15) is 54.9 Å². The quantitative estimate of drug-likeness (QED) is 0.250. The zero-order valence-corrected chi connectivity index (χ0v) is 20.6. The van der Waals surface area contributed by atoms with E-state index in [-0.39, 0.29) is 29.3 Å². The van der Waals surface area contributed by atoms with Gasteiger partial charge in [0.25, 0.3) is 5.91 Å². The van der Waals surface area contributed by atoms with Gasteiger partial charge in [-0.25, -0.2) is 20.0 Å². The Kier molecular flexibility index (Phi) is 8.23. The first-order valence-corrected chi connectivity index (χ1v) is 11.7. The van der Waals surface area contributed by atoms with Gasteiger partial charge < -0.3 is 21.0 Å². The van der Waals surface area contributed by atoms with E-state index in [2.05, 4.69) is 15.4 Å². The van der Waals surface area contributed by atoms with Gasteiger partial charge in [0.1, 0.15) is 17.3 Å². The van der Waals surface area contributed by atoms with Gasteiger partial charge in [0.15, 0.2) is 5.84 Å². The molecule has 1 aliphatic rings. The second-order valence-electron chi connectivity index (χ2n) is 8.54. The average molecular weight is 485 g/mol. The molecule has 1 aromatic heterocycles. The predicted molar refractivity (Wildman–Crippen MR) is 133 cm³/mol. The number of nitrogens with one attached hydrogen (secondary N) is 1. The van der Waals surface area contributed by atoms with Crippen LogP contribution in [0.25, 0.3) is 0 Å². The maximum atomic E-state index is 14.9. The lowest BCUT2D eigenvalue weighted by atomic mass is 9.96. The summed E-state index contributed by atoms with van der Waals surface area (Å²) in [5.41, 5.74) is 1.78. The van der Waals surface area contributed by atoms with Gasteiger partial charge in [0, 0.05) is 32.2 Å². The molecule has 10 nitrogen and oxygen atoms in total. The number of carbonyl (C=O) groups is 2. The molecular weight excluding hydrogens is 451 g/mol. The third kappa shape index (κ3) is 5.68. The van der Waals surface area contributed by atoms with Crippen LogP contribution in [0.2, 0.25) is 0 Å². The lowest BCUT2D eigenvalue weighted by molar-refractivity contribution is 0.102. The Hall–Kier alpha value is -3.73. The minimum Gasteiger partial charge on any atom is -0.325 e. The number of nitrogens with two attached hydrogens (primary N) is 2. The second kappa shape index (κ2) is 11.1. The molecule has 0 unspecified atom stereocenters. The molecule has 0 aliphatic carbocycles. The summed E-state index contributed by atoms with van der Waals surface area (Å²) >= 11 is 0. The van der Waals surface area contributed by atoms with Crippen molar-refractivity contribution in [3.8, 4) is 0 Å². The van der Waals surface area contributed by atoms with Crippen LogP contribution in [0, 0.1) is 5.82 Å². The summed E-state index contributed by atoms with van der Waals surface area (Å²) in [6.07, 6.45) is 0.525. The number of amidine groups is 1.